The van der Waals surface area contributed by atoms with E-state index >= 15 is 0 Å². The summed E-state index contributed by atoms with van der Waals surface area (Å²) in [5.74, 6) is 0.201. The molecule has 4 nitrogen and oxygen atoms in total. The molecule has 1 atom stereocenters. The predicted octanol–water partition coefficient (Wildman–Crippen LogP) is 0.853. The summed E-state index contributed by atoms with van der Waals surface area (Å²) in [6, 6.07) is 10.0. The first-order valence-corrected chi connectivity index (χ1v) is 7.95. The molecule has 0 saturated carbocycles. The van der Waals surface area contributed by atoms with Gasteiger partial charge in [-0.15, -0.1) is 0 Å². The molecule has 1 saturated heterocycles. The molecule has 0 amide bonds. The molecular formula is C13H20N2O2S. The van der Waals surface area contributed by atoms with E-state index in [2.05, 4.69) is 5.32 Å². The lowest BCUT2D eigenvalue weighted by Gasteiger charge is -2.25. The van der Waals surface area contributed by atoms with Crippen molar-refractivity contribution in [3.8, 4) is 0 Å². The number of sulfonamides is 1. The van der Waals surface area contributed by atoms with Crippen molar-refractivity contribution in [2.24, 2.45) is 0 Å². The van der Waals surface area contributed by atoms with Crippen LogP contribution in [0.1, 0.15) is 12.5 Å². The van der Waals surface area contributed by atoms with Gasteiger partial charge in [0.2, 0.25) is 10.0 Å². The number of benzene rings is 1. The van der Waals surface area contributed by atoms with Crippen molar-refractivity contribution in [3.05, 3.63) is 35.9 Å². The van der Waals surface area contributed by atoms with Gasteiger partial charge >= 0.3 is 0 Å². The minimum absolute atomic E-state index is 0.0289. The van der Waals surface area contributed by atoms with E-state index in [9.17, 15) is 8.42 Å². The maximum absolute atomic E-state index is 12.1. The van der Waals surface area contributed by atoms with Gasteiger partial charge in [-0.3, -0.25) is 0 Å². The van der Waals surface area contributed by atoms with Gasteiger partial charge in [0.25, 0.3) is 0 Å². The first kappa shape index (κ1) is 13.5. The van der Waals surface area contributed by atoms with Crippen molar-refractivity contribution in [1.29, 1.82) is 0 Å². The molecule has 1 heterocycles. The third kappa shape index (κ3) is 3.31. The lowest BCUT2D eigenvalue weighted by atomic mass is 10.1. The van der Waals surface area contributed by atoms with Crippen molar-refractivity contribution in [3.63, 3.8) is 0 Å². The molecule has 1 aliphatic heterocycles. The number of hydrogen-bond acceptors (Lipinski definition) is 3. The topological polar surface area (TPSA) is 49.4 Å². The molecule has 18 heavy (non-hydrogen) atoms. The van der Waals surface area contributed by atoms with Gasteiger partial charge in [-0.2, -0.15) is 4.31 Å². The zero-order valence-electron chi connectivity index (χ0n) is 10.7. The fraction of sp³-hybridized carbons (Fsp3) is 0.538. The Kier molecular flexibility index (Phi) is 4.37. The molecule has 1 N–H and O–H groups in total. The molecule has 1 aliphatic rings. The molecule has 0 spiro atoms. The second-order valence-corrected chi connectivity index (χ2v) is 6.76. The molecule has 1 unspecified atom stereocenters. The summed E-state index contributed by atoms with van der Waals surface area (Å²) in [4.78, 5) is 0. The maximum Gasteiger partial charge on any atom is 0.215 e. The zero-order chi connectivity index (χ0) is 13.0. The van der Waals surface area contributed by atoms with E-state index in [4.69, 9.17) is 0 Å². The van der Waals surface area contributed by atoms with Crippen molar-refractivity contribution in [1.82, 2.24) is 9.62 Å². The van der Waals surface area contributed by atoms with Gasteiger partial charge in [0, 0.05) is 25.7 Å². The van der Waals surface area contributed by atoms with Crippen molar-refractivity contribution < 1.29 is 8.42 Å². The summed E-state index contributed by atoms with van der Waals surface area (Å²) in [5.41, 5.74) is 1.18. The van der Waals surface area contributed by atoms with E-state index in [1.807, 2.05) is 37.3 Å². The van der Waals surface area contributed by atoms with Crippen LogP contribution >= 0.6 is 0 Å². The summed E-state index contributed by atoms with van der Waals surface area (Å²) in [6.07, 6.45) is 0.768. The Labute approximate surface area is 109 Å². The van der Waals surface area contributed by atoms with Crippen molar-refractivity contribution >= 4 is 10.0 Å². The Balaban J connectivity index is 2.05. The van der Waals surface area contributed by atoms with Gasteiger partial charge in [-0.05, 0) is 18.9 Å². The molecule has 1 aromatic rings. The lowest BCUT2D eigenvalue weighted by Crippen LogP contribution is -2.42. The maximum atomic E-state index is 12.1. The van der Waals surface area contributed by atoms with Crippen LogP contribution in [0.4, 0.5) is 0 Å². The molecule has 0 aromatic heterocycles. The molecule has 1 fully saturated rings. The Hall–Kier alpha value is -0.910. The molecule has 5 heteroatoms. The predicted molar refractivity (Wildman–Crippen MR) is 73.0 cm³/mol. The number of rotatable bonds is 3. The quantitative estimate of drug-likeness (QED) is 0.884. The first-order chi connectivity index (χ1) is 8.59. The standard InChI is InChI=1S/C13H20N2O2S/c1-12-11-14-8-10-18(16,17)15(12)9-7-13-5-3-2-4-6-13/h2-6,12,14H,7-11H2,1H3. The number of hydrogen-bond donors (Lipinski definition) is 1. The summed E-state index contributed by atoms with van der Waals surface area (Å²) in [6.45, 7) is 3.80. The van der Waals surface area contributed by atoms with Crippen molar-refractivity contribution in [2.75, 3.05) is 25.4 Å². The average molecular weight is 268 g/mol. The Morgan fingerprint density at radius 1 is 1.33 bits per heavy atom. The van der Waals surface area contributed by atoms with Crippen LogP contribution in [0, 0.1) is 0 Å². The number of nitrogens with one attached hydrogen (secondary N) is 1. The Bertz CT molecular complexity index is 473. The summed E-state index contributed by atoms with van der Waals surface area (Å²) in [5, 5.41) is 3.16. The van der Waals surface area contributed by atoms with Crippen LogP contribution in [0.5, 0.6) is 0 Å². The number of nitrogens with zero attached hydrogens (tertiary/aromatic N) is 1. The summed E-state index contributed by atoms with van der Waals surface area (Å²) in [7, 11) is -3.11. The van der Waals surface area contributed by atoms with E-state index in [0.29, 0.717) is 13.1 Å². The molecule has 0 radical (unpaired) electrons. The van der Waals surface area contributed by atoms with Gasteiger partial charge < -0.3 is 5.32 Å². The highest BCUT2D eigenvalue weighted by atomic mass is 32.2. The van der Waals surface area contributed by atoms with Crippen LogP contribution in [-0.2, 0) is 16.4 Å². The largest absolute Gasteiger partial charge is 0.314 e. The van der Waals surface area contributed by atoms with Crippen LogP contribution in [0.25, 0.3) is 0 Å². The highest BCUT2D eigenvalue weighted by Crippen LogP contribution is 2.12. The minimum atomic E-state index is -3.11. The van der Waals surface area contributed by atoms with Crippen LogP contribution in [-0.4, -0.2) is 44.2 Å². The highest BCUT2D eigenvalue weighted by molar-refractivity contribution is 7.89. The minimum Gasteiger partial charge on any atom is -0.314 e. The summed E-state index contributed by atoms with van der Waals surface area (Å²) < 4.78 is 25.9. The Morgan fingerprint density at radius 2 is 2.06 bits per heavy atom. The average Bonchev–Trinajstić information content (AvgIpc) is 2.47. The normalized spacial score (nSPS) is 24.6. The van der Waals surface area contributed by atoms with Gasteiger partial charge in [0.15, 0.2) is 0 Å². The van der Waals surface area contributed by atoms with Crippen LogP contribution in [0.3, 0.4) is 0 Å². The van der Waals surface area contributed by atoms with E-state index in [0.717, 1.165) is 13.0 Å². The van der Waals surface area contributed by atoms with Crippen LogP contribution in [0.2, 0.25) is 0 Å². The highest BCUT2D eigenvalue weighted by Gasteiger charge is 2.28. The first-order valence-electron chi connectivity index (χ1n) is 6.34. The zero-order valence-corrected chi connectivity index (χ0v) is 11.5. The van der Waals surface area contributed by atoms with Crippen LogP contribution in [0.15, 0.2) is 30.3 Å². The fourth-order valence-electron chi connectivity index (χ4n) is 2.25. The SMILES string of the molecule is CC1CNCCS(=O)(=O)N1CCc1ccccc1. The molecule has 0 aliphatic carbocycles. The molecule has 2 rings (SSSR count). The van der Waals surface area contributed by atoms with Gasteiger partial charge in [0.05, 0.1) is 5.75 Å². The van der Waals surface area contributed by atoms with Gasteiger partial charge in [-0.25, -0.2) is 8.42 Å². The molecule has 1 aromatic carbocycles. The molecule has 0 bridgehead atoms. The van der Waals surface area contributed by atoms with Crippen LogP contribution < -0.4 is 5.32 Å². The summed E-state index contributed by atoms with van der Waals surface area (Å²) >= 11 is 0. The van der Waals surface area contributed by atoms with E-state index < -0.39 is 10.0 Å². The van der Waals surface area contributed by atoms with E-state index in [-0.39, 0.29) is 11.8 Å². The van der Waals surface area contributed by atoms with E-state index in [1.54, 1.807) is 4.31 Å². The Morgan fingerprint density at radius 3 is 2.78 bits per heavy atom. The molecular weight excluding hydrogens is 248 g/mol. The van der Waals surface area contributed by atoms with Gasteiger partial charge in [-0.1, -0.05) is 30.3 Å². The lowest BCUT2D eigenvalue weighted by molar-refractivity contribution is 0.341. The third-order valence-corrected chi connectivity index (χ3v) is 5.27. The third-order valence-electron chi connectivity index (χ3n) is 3.29. The monoisotopic (exact) mass is 268 g/mol. The second-order valence-electron chi connectivity index (χ2n) is 4.72. The van der Waals surface area contributed by atoms with E-state index in [1.165, 1.54) is 5.56 Å². The van der Waals surface area contributed by atoms with Gasteiger partial charge in [0.1, 0.15) is 0 Å². The second kappa shape index (κ2) is 5.82. The molecule has 100 valence electrons. The van der Waals surface area contributed by atoms with Crippen molar-refractivity contribution in [2.45, 2.75) is 19.4 Å². The smallest absolute Gasteiger partial charge is 0.215 e. The fourth-order valence-corrected chi connectivity index (χ4v) is 3.88.